The topological polar surface area (TPSA) is 58.5 Å². The fourth-order valence-electron chi connectivity index (χ4n) is 1.85. The van der Waals surface area contributed by atoms with Crippen LogP contribution in [0.2, 0.25) is 0 Å². The van der Waals surface area contributed by atoms with Crippen LogP contribution in [0, 0.1) is 6.92 Å². The molecule has 0 aliphatic carbocycles. The standard InChI is InChI=1S/C16H30N4OS/c1-4-6-11-21-12-7-9-18-16(17-5-2)19-10-8-15-20-13-14(3)22-15/h13H,4-12H2,1-3H3,(H2,17,18,19). The van der Waals surface area contributed by atoms with Gasteiger partial charge in [-0.05, 0) is 26.7 Å². The van der Waals surface area contributed by atoms with Crippen molar-refractivity contribution in [2.45, 2.75) is 46.5 Å². The molecular formula is C16H30N4OS. The number of hydrogen-bond acceptors (Lipinski definition) is 4. The van der Waals surface area contributed by atoms with Crippen molar-refractivity contribution in [3.05, 3.63) is 16.1 Å². The van der Waals surface area contributed by atoms with Gasteiger partial charge in [0.2, 0.25) is 0 Å². The summed E-state index contributed by atoms with van der Waals surface area (Å²) in [7, 11) is 0. The highest BCUT2D eigenvalue weighted by molar-refractivity contribution is 7.11. The van der Waals surface area contributed by atoms with Crippen molar-refractivity contribution < 1.29 is 4.74 Å². The first-order chi connectivity index (χ1) is 10.8. The summed E-state index contributed by atoms with van der Waals surface area (Å²) >= 11 is 1.76. The summed E-state index contributed by atoms with van der Waals surface area (Å²) in [6, 6.07) is 0. The van der Waals surface area contributed by atoms with Crippen molar-refractivity contribution in [2.24, 2.45) is 4.99 Å². The normalized spacial score (nSPS) is 11.7. The molecule has 6 heteroatoms. The molecule has 1 aromatic heterocycles. The molecule has 0 atom stereocenters. The minimum Gasteiger partial charge on any atom is -0.381 e. The summed E-state index contributed by atoms with van der Waals surface area (Å²) < 4.78 is 5.54. The lowest BCUT2D eigenvalue weighted by molar-refractivity contribution is 0.130. The monoisotopic (exact) mass is 326 g/mol. The Morgan fingerprint density at radius 1 is 1.27 bits per heavy atom. The van der Waals surface area contributed by atoms with Crippen LogP contribution in [0.5, 0.6) is 0 Å². The Hall–Kier alpha value is -1.14. The van der Waals surface area contributed by atoms with Gasteiger partial charge in [0.1, 0.15) is 0 Å². The van der Waals surface area contributed by atoms with Crippen LogP contribution in [0.15, 0.2) is 11.2 Å². The van der Waals surface area contributed by atoms with Crippen LogP contribution in [-0.2, 0) is 11.2 Å². The molecule has 0 unspecified atom stereocenters. The predicted octanol–water partition coefficient (Wildman–Crippen LogP) is 2.76. The third-order valence-corrected chi connectivity index (χ3v) is 3.98. The molecule has 1 heterocycles. The lowest BCUT2D eigenvalue weighted by Gasteiger charge is -2.10. The highest BCUT2D eigenvalue weighted by Crippen LogP contribution is 2.10. The van der Waals surface area contributed by atoms with E-state index in [4.69, 9.17) is 4.74 Å². The Morgan fingerprint density at radius 3 is 2.77 bits per heavy atom. The third kappa shape index (κ3) is 9.00. The van der Waals surface area contributed by atoms with E-state index in [0.717, 1.165) is 58.1 Å². The van der Waals surface area contributed by atoms with Gasteiger partial charge in [0.25, 0.3) is 0 Å². The van der Waals surface area contributed by atoms with Crippen LogP contribution in [0.25, 0.3) is 0 Å². The molecule has 0 spiro atoms. The molecular weight excluding hydrogens is 296 g/mol. The van der Waals surface area contributed by atoms with Crippen LogP contribution in [0.3, 0.4) is 0 Å². The van der Waals surface area contributed by atoms with Gasteiger partial charge in [-0.25, -0.2) is 4.98 Å². The molecule has 1 rings (SSSR count). The van der Waals surface area contributed by atoms with Gasteiger partial charge in [-0.3, -0.25) is 4.99 Å². The van der Waals surface area contributed by atoms with Gasteiger partial charge >= 0.3 is 0 Å². The highest BCUT2D eigenvalue weighted by atomic mass is 32.1. The summed E-state index contributed by atoms with van der Waals surface area (Å²) in [5, 5.41) is 7.79. The lowest BCUT2D eigenvalue weighted by atomic mass is 10.4. The van der Waals surface area contributed by atoms with E-state index >= 15 is 0 Å². The molecule has 0 aromatic carbocycles. The van der Waals surface area contributed by atoms with E-state index < -0.39 is 0 Å². The first-order valence-electron chi connectivity index (χ1n) is 8.27. The first kappa shape index (κ1) is 18.9. The van der Waals surface area contributed by atoms with E-state index in [2.05, 4.69) is 41.4 Å². The molecule has 0 saturated carbocycles. The molecule has 0 aliphatic rings. The number of nitrogens with one attached hydrogen (secondary N) is 2. The van der Waals surface area contributed by atoms with Crippen molar-refractivity contribution in [3.63, 3.8) is 0 Å². The Labute approximate surface area is 138 Å². The molecule has 5 nitrogen and oxygen atoms in total. The van der Waals surface area contributed by atoms with Crippen LogP contribution >= 0.6 is 11.3 Å². The van der Waals surface area contributed by atoms with E-state index in [1.165, 1.54) is 16.3 Å². The Bertz CT molecular complexity index is 420. The zero-order valence-electron chi connectivity index (χ0n) is 14.2. The van der Waals surface area contributed by atoms with Crippen LogP contribution in [0.4, 0.5) is 0 Å². The average molecular weight is 327 g/mol. The van der Waals surface area contributed by atoms with Crippen molar-refractivity contribution >= 4 is 17.3 Å². The largest absolute Gasteiger partial charge is 0.381 e. The van der Waals surface area contributed by atoms with Crippen molar-refractivity contribution in [1.29, 1.82) is 0 Å². The molecule has 0 fully saturated rings. The molecule has 1 aromatic rings. The first-order valence-corrected chi connectivity index (χ1v) is 9.09. The molecule has 2 N–H and O–H groups in total. The van der Waals surface area contributed by atoms with E-state index in [-0.39, 0.29) is 0 Å². The zero-order valence-corrected chi connectivity index (χ0v) is 15.0. The van der Waals surface area contributed by atoms with Crippen molar-refractivity contribution in [2.75, 3.05) is 32.8 Å². The van der Waals surface area contributed by atoms with Crippen molar-refractivity contribution in [3.8, 4) is 0 Å². The van der Waals surface area contributed by atoms with Gasteiger partial charge in [0.15, 0.2) is 5.96 Å². The highest BCUT2D eigenvalue weighted by Gasteiger charge is 2.00. The Balaban J connectivity index is 2.18. The maximum Gasteiger partial charge on any atom is 0.191 e. The van der Waals surface area contributed by atoms with Crippen LogP contribution in [0.1, 0.15) is 43.0 Å². The van der Waals surface area contributed by atoms with Crippen LogP contribution in [-0.4, -0.2) is 43.8 Å². The number of thiazole rings is 1. The fraction of sp³-hybridized carbons (Fsp3) is 0.750. The second-order valence-corrected chi connectivity index (χ2v) is 6.44. The zero-order chi connectivity index (χ0) is 16.0. The number of unbranched alkanes of at least 4 members (excludes halogenated alkanes) is 1. The van der Waals surface area contributed by atoms with Crippen LogP contribution < -0.4 is 10.6 Å². The third-order valence-electron chi connectivity index (χ3n) is 3.00. The maximum atomic E-state index is 5.54. The Morgan fingerprint density at radius 2 is 2.09 bits per heavy atom. The minimum atomic E-state index is 0.790. The van der Waals surface area contributed by atoms with Gasteiger partial charge in [0.05, 0.1) is 5.01 Å². The second-order valence-electron chi connectivity index (χ2n) is 5.12. The second kappa shape index (κ2) is 12.4. The average Bonchev–Trinajstić information content (AvgIpc) is 2.92. The number of rotatable bonds is 11. The summed E-state index contributed by atoms with van der Waals surface area (Å²) in [6.07, 6.45) is 6.15. The number of aromatic nitrogens is 1. The van der Waals surface area contributed by atoms with E-state index in [9.17, 15) is 0 Å². The number of aryl methyl sites for hydroxylation is 1. The Kier molecular flexibility index (Phi) is 10.7. The molecule has 22 heavy (non-hydrogen) atoms. The molecule has 0 saturated heterocycles. The van der Waals surface area contributed by atoms with Gasteiger partial charge in [-0.1, -0.05) is 13.3 Å². The van der Waals surface area contributed by atoms with E-state index in [1.807, 2.05) is 6.20 Å². The summed E-state index contributed by atoms with van der Waals surface area (Å²) in [5.41, 5.74) is 0. The van der Waals surface area contributed by atoms with Gasteiger partial charge in [-0.15, -0.1) is 11.3 Å². The summed E-state index contributed by atoms with van der Waals surface area (Å²) in [5.74, 6) is 0.879. The summed E-state index contributed by atoms with van der Waals surface area (Å²) in [4.78, 5) is 10.2. The van der Waals surface area contributed by atoms with Gasteiger partial charge < -0.3 is 15.4 Å². The molecule has 0 amide bonds. The quantitative estimate of drug-likeness (QED) is 0.373. The molecule has 126 valence electrons. The summed E-state index contributed by atoms with van der Waals surface area (Å²) in [6.45, 7) is 10.5. The molecule has 0 bridgehead atoms. The fourth-order valence-corrected chi connectivity index (χ4v) is 2.64. The van der Waals surface area contributed by atoms with Gasteiger partial charge in [-0.2, -0.15) is 0 Å². The van der Waals surface area contributed by atoms with E-state index in [1.54, 1.807) is 11.3 Å². The number of aliphatic imine (C=N–C) groups is 1. The number of guanidine groups is 1. The molecule has 0 radical (unpaired) electrons. The SMILES string of the molecule is CCCCOCCCN=C(NCC)NCCc1ncc(C)s1. The minimum absolute atomic E-state index is 0.790. The van der Waals surface area contributed by atoms with E-state index in [0.29, 0.717) is 0 Å². The van der Waals surface area contributed by atoms with Crippen molar-refractivity contribution in [1.82, 2.24) is 15.6 Å². The predicted molar refractivity (Wildman–Crippen MR) is 94.9 cm³/mol. The number of ether oxygens (including phenoxy) is 1. The molecule has 0 aliphatic heterocycles. The smallest absolute Gasteiger partial charge is 0.191 e. The number of nitrogens with zero attached hydrogens (tertiary/aromatic N) is 2. The van der Waals surface area contributed by atoms with Gasteiger partial charge in [0, 0.05) is 50.3 Å². The number of hydrogen-bond donors (Lipinski definition) is 2. The lowest BCUT2D eigenvalue weighted by Crippen LogP contribution is -2.38. The maximum absolute atomic E-state index is 5.54.